The highest BCUT2D eigenvalue weighted by Crippen LogP contribution is 2.42. The lowest BCUT2D eigenvalue weighted by Gasteiger charge is -2.02. The third-order valence-electron chi connectivity index (χ3n) is 2.78. The molecule has 1 unspecified atom stereocenters. The SMILES string of the molecule is CCCCCCCCCCC=CP(=O)(O)OC. The standard InChI is InChI=1S/C13H27O3P/c1-3-4-5-6-7-8-9-10-11-12-13-17(14,15)16-2/h12-13H,3-11H2,1-2H3,(H,14,15). The van der Waals surface area contributed by atoms with Crippen molar-refractivity contribution in [3.05, 3.63) is 11.9 Å². The van der Waals surface area contributed by atoms with E-state index < -0.39 is 7.60 Å². The van der Waals surface area contributed by atoms with E-state index in [1.165, 1.54) is 57.9 Å². The van der Waals surface area contributed by atoms with E-state index in [2.05, 4.69) is 11.4 Å². The number of allylic oxidation sites excluding steroid dienone is 1. The molecule has 0 bridgehead atoms. The van der Waals surface area contributed by atoms with Crippen LogP contribution in [0.1, 0.15) is 64.7 Å². The van der Waals surface area contributed by atoms with Crippen LogP contribution in [-0.2, 0) is 9.09 Å². The third-order valence-corrected chi connectivity index (χ3v) is 3.89. The summed E-state index contributed by atoms with van der Waals surface area (Å²) >= 11 is 0. The van der Waals surface area contributed by atoms with E-state index in [4.69, 9.17) is 4.89 Å². The van der Waals surface area contributed by atoms with Gasteiger partial charge >= 0.3 is 7.60 Å². The Kier molecular flexibility index (Phi) is 10.9. The van der Waals surface area contributed by atoms with Gasteiger partial charge in [0.1, 0.15) is 0 Å². The minimum atomic E-state index is -3.43. The third kappa shape index (κ3) is 12.1. The average molecular weight is 262 g/mol. The fraction of sp³-hybridized carbons (Fsp3) is 0.846. The molecule has 0 aliphatic carbocycles. The van der Waals surface area contributed by atoms with Crippen LogP contribution < -0.4 is 0 Å². The molecule has 0 fully saturated rings. The van der Waals surface area contributed by atoms with Crippen molar-refractivity contribution in [1.82, 2.24) is 0 Å². The van der Waals surface area contributed by atoms with Gasteiger partial charge in [0.15, 0.2) is 0 Å². The number of hydrogen-bond acceptors (Lipinski definition) is 2. The van der Waals surface area contributed by atoms with Gasteiger partial charge in [-0.2, -0.15) is 0 Å². The molecule has 0 spiro atoms. The molecule has 0 aromatic heterocycles. The molecule has 0 rings (SSSR count). The Morgan fingerprint density at radius 1 is 1.06 bits per heavy atom. The van der Waals surface area contributed by atoms with Crippen LogP contribution in [0.15, 0.2) is 11.9 Å². The minimum Gasteiger partial charge on any atom is -0.321 e. The summed E-state index contributed by atoms with van der Waals surface area (Å²) in [6.45, 7) is 2.23. The van der Waals surface area contributed by atoms with Crippen molar-refractivity contribution in [3.63, 3.8) is 0 Å². The molecule has 0 saturated carbocycles. The summed E-state index contributed by atoms with van der Waals surface area (Å²) in [4.78, 5) is 9.09. The quantitative estimate of drug-likeness (QED) is 0.427. The van der Waals surface area contributed by atoms with Gasteiger partial charge in [0.25, 0.3) is 0 Å². The Morgan fingerprint density at radius 2 is 1.59 bits per heavy atom. The lowest BCUT2D eigenvalue weighted by atomic mass is 10.1. The Labute approximate surface area is 106 Å². The van der Waals surface area contributed by atoms with Gasteiger partial charge in [-0.3, -0.25) is 4.57 Å². The second-order valence-electron chi connectivity index (χ2n) is 4.40. The summed E-state index contributed by atoms with van der Waals surface area (Å²) < 4.78 is 15.5. The topological polar surface area (TPSA) is 46.5 Å². The Balaban J connectivity index is 3.27. The van der Waals surface area contributed by atoms with E-state index in [9.17, 15) is 4.57 Å². The normalized spacial score (nSPS) is 15.2. The number of rotatable bonds is 11. The predicted molar refractivity (Wildman–Crippen MR) is 73.2 cm³/mol. The molecule has 1 atom stereocenters. The van der Waals surface area contributed by atoms with Gasteiger partial charge in [-0.1, -0.05) is 57.9 Å². The van der Waals surface area contributed by atoms with E-state index in [0.717, 1.165) is 12.8 Å². The second kappa shape index (κ2) is 11.0. The molecule has 0 amide bonds. The predicted octanol–water partition coefficient (Wildman–Crippen LogP) is 4.86. The fourth-order valence-electron chi connectivity index (χ4n) is 1.66. The average Bonchev–Trinajstić information content (AvgIpc) is 2.31. The van der Waals surface area contributed by atoms with Crippen molar-refractivity contribution in [2.45, 2.75) is 64.7 Å². The van der Waals surface area contributed by atoms with Crippen molar-refractivity contribution in [2.24, 2.45) is 0 Å². The summed E-state index contributed by atoms with van der Waals surface area (Å²) in [6.07, 6.45) is 12.9. The lowest BCUT2D eigenvalue weighted by Crippen LogP contribution is -1.80. The van der Waals surface area contributed by atoms with Gasteiger partial charge in [-0.15, -0.1) is 0 Å². The smallest absolute Gasteiger partial charge is 0.321 e. The van der Waals surface area contributed by atoms with Crippen LogP contribution in [0, 0.1) is 0 Å². The fourth-order valence-corrected chi connectivity index (χ4v) is 2.20. The van der Waals surface area contributed by atoms with Crippen molar-refractivity contribution in [1.29, 1.82) is 0 Å². The molecule has 0 aromatic rings. The van der Waals surface area contributed by atoms with Gasteiger partial charge < -0.3 is 9.42 Å². The van der Waals surface area contributed by atoms with Crippen molar-refractivity contribution in [2.75, 3.05) is 7.11 Å². The van der Waals surface area contributed by atoms with Crippen LogP contribution in [-0.4, -0.2) is 12.0 Å². The first-order valence-electron chi connectivity index (χ1n) is 6.68. The molecule has 0 radical (unpaired) electrons. The summed E-state index contributed by atoms with van der Waals surface area (Å²) in [5.74, 6) is 1.29. The van der Waals surface area contributed by atoms with Crippen LogP contribution in [0.25, 0.3) is 0 Å². The molecule has 0 aliphatic heterocycles. The van der Waals surface area contributed by atoms with Gasteiger partial charge in [-0.25, -0.2) is 0 Å². The van der Waals surface area contributed by atoms with Crippen LogP contribution in [0.4, 0.5) is 0 Å². The maximum atomic E-state index is 11.1. The maximum Gasteiger partial charge on any atom is 0.351 e. The van der Waals surface area contributed by atoms with Crippen LogP contribution in [0.2, 0.25) is 0 Å². The summed E-state index contributed by atoms with van der Waals surface area (Å²) in [5, 5.41) is 0. The van der Waals surface area contributed by atoms with Crippen molar-refractivity contribution in [3.8, 4) is 0 Å². The first kappa shape index (κ1) is 16.9. The van der Waals surface area contributed by atoms with E-state index >= 15 is 0 Å². The van der Waals surface area contributed by atoms with E-state index in [-0.39, 0.29) is 0 Å². The highest BCUT2D eigenvalue weighted by molar-refractivity contribution is 7.56. The molecule has 0 aliphatic rings. The zero-order valence-corrected chi connectivity index (χ0v) is 12.1. The monoisotopic (exact) mass is 262 g/mol. The largest absolute Gasteiger partial charge is 0.351 e. The number of hydrogen-bond donors (Lipinski definition) is 1. The molecule has 0 heterocycles. The maximum absolute atomic E-state index is 11.1. The first-order valence-corrected chi connectivity index (χ1v) is 8.33. The highest BCUT2D eigenvalue weighted by Gasteiger charge is 2.09. The van der Waals surface area contributed by atoms with Gasteiger partial charge in [0, 0.05) is 12.9 Å². The molecule has 0 saturated heterocycles. The zero-order valence-electron chi connectivity index (χ0n) is 11.2. The Bertz CT molecular complexity index is 239. The Morgan fingerprint density at radius 3 is 2.12 bits per heavy atom. The van der Waals surface area contributed by atoms with E-state index in [1.54, 1.807) is 6.08 Å². The summed E-state index contributed by atoms with van der Waals surface area (Å²) in [7, 11) is -2.18. The lowest BCUT2D eigenvalue weighted by molar-refractivity contribution is 0.326. The van der Waals surface area contributed by atoms with Crippen LogP contribution in [0.3, 0.4) is 0 Å². The molecule has 102 valence electrons. The molecular weight excluding hydrogens is 235 g/mol. The van der Waals surface area contributed by atoms with Gasteiger partial charge in [-0.05, 0) is 12.8 Å². The molecule has 4 heteroatoms. The van der Waals surface area contributed by atoms with E-state index in [1.807, 2.05) is 0 Å². The van der Waals surface area contributed by atoms with E-state index in [0.29, 0.717) is 0 Å². The van der Waals surface area contributed by atoms with Gasteiger partial charge in [0.05, 0.1) is 0 Å². The van der Waals surface area contributed by atoms with Crippen molar-refractivity contribution < 1.29 is 14.0 Å². The second-order valence-corrected chi connectivity index (χ2v) is 6.19. The minimum absolute atomic E-state index is 0.864. The molecule has 0 aromatic carbocycles. The number of unbranched alkanes of at least 4 members (excludes halogenated alkanes) is 8. The molecule has 17 heavy (non-hydrogen) atoms. The summed E-state index contributed by atoms with van der Waals surface area (Å²) in [6, 6.07) is 0. The molecule has 1 N–H and O–H groups in total. The first-order chi connectivity index (χ1) is 8.12. The van der Waals surface area contributed by atoms with Crippen LogP contribution >= 0.6 is 7.60 Å². The highest BCUT2D eigenvalue weighted by atomic mass is 31.2. The molecular formula is C13H27O3P. The zero-order chi connectivity index (χ0) is 13.0. The van der Waals surface area contributed by atoms with Gasteiger partial charge in [0.2, 0.25) is 0 Å². The van der Waals surface area contributed by atoms with Crippen molar-refractivity contribution >= 4 is 7.60 Å². The van der Waals surface area contributed by atoms with Crippen LogP contribution in [0.5, 0.6) is 0 Å². The summed E-state index contributed by atoms with van der Waals surface area (Å²) in [5.41, 5.74) is 0. The molecule has 3 nitrogen and oxygen atoms in total. The Hall–Kier alpha value is -0.110.